The van der Waals surface area contributed by atoms with Crippen LogP contribution in [0.2, 0.25) is 0 Å². The van der Waals surface area contributed by atoms with Crippen molar-refractivity contribution in [1.82, 2.24) is 0 Å². The van der Waals surface area contributed by atoms with E-state index >= 15 is 0 Å². The van der Waals surface area contributed by atoms with Crippen molar-refractivity contribution in [3.05, 3.63) is 124 Å². The molecule has 0 saturated carbocycles. The number of benzene rings is 6. The first-order valence-electron chi connectivity index (χ1n) is 13.5. The normalized spacial score (nSPS) is 13.1. The van der Waals surface area contributed by atoms with Crippen LogP contribution in [-0.4, -0.2) is 4.92 Å². The van der Waals surface area contributed by atoms with Crippen molar-refractivity contribution in [2.24, 2.45) is 0 Å². The lowest BCUT2D eigenvalue weighted by atomic mass is 9.82. The predicted molar refractivity (Wildman–Crippen MR) is 158 cm³/mol. The SMILES string of the molecule is O=[N+]([O-])c1ccc(Oc2ccc3ccccc3c2-c2c3c(c4c5c(cccc25)Oc2ccccc2-4)CCC3)cc1. The molecule has 8 rings (SSSR count). The Labute approximate surface area is 230 Å². The Bertz CT molecular complexity index is 2010. The molecule has 6 aromatic rings. The molecular formula is C35H23NO4. The molecule has 2 aliphatic rings. The van der Waals surface area contributed by atoms with Gasteiger partial charge in [-0.05, 0) is 82.4 Å². The number of hydrogen-bond acceptors (Lipinski definition) is 4. The summed E-state index contributed by atoms with van der Waals surface area (Å²) in [5.74, 6) is 3.05. The van der Waals surface area contributed by atoms with Crippen LogP contribution in [0.15, 0.2) is 103 Å². The van der Waals surface area contributed by atoms with Crippen LogP contribution in [0.3, 0.4) is 0 Å². The predicted octanol–water partition coefficient (Wildman–Crippen LogP) is 9.62. The summed E-state index contributed by atoms with van der Waals surface area (Å²) in [4.78, 5) is 10.8. The number of fused-ring (bicyclic) bond motifs is 5. The fourth-order valence-electron chi connectivity index (χ4n) is 6.51. The zero-order chi connectivity index (χ0) is 26.8. The van der Waals surface area contributed by atoms with Crippen molar-refractivity contribution in [3.8, 4) is 45.3 Å². The fraction of sp³-hybridized carbons (Fsp3) is 0.0857. The van der Waals surface area contributed by atoms with Gasteiger partial charge in [0.05, 0.1) is 4.92 Å². The average Bonchev–Trinajstić information content (AvgIpc) is 3.47. The quantitative estimate of drug-likeness (QED) is 0.171. The van der Waals surface area contributed by atoms with Gasteiger partial charge >= 0.3 is 0 Å². The summed E-state index contributed by atoms with van der Waals surface area (Å²) >= 11 is 0. The Morgan fingerprint density at radius 2 is 1.40 bits per heavy atom. The number of hydrogen-bond donors (Lipinski definition) is 0. The lowest BCUT2D eigenvalue weighted by Gasteiger charge is -2.27. The van der Waals surface area contributed by atoms with Gasteiger partial charge in [-0.15, -0.1) is 0 Å². The Hall–Kier alpha value is -5.16. The molecule has 192 valence electrons. The molecular weight excluding hydrogens is 498 g/mol. The molecule has 0 amide bonds. The van der Waals surface area contributed by atoms with Crippen LogP contribution in [-0.2, 0) is 12.8 Å². The molecule has 0 spiro atoms. The van der Waals surface area contributed by atoms with E-state index in [0.29, 0.717) is 5.75 Å². The first-order valence-corrected chi connectivity index (χ1v) is 13.5. The molecule has 1 aliphatic carbocycles. The highest BCUT2D eigenvalue weighted by atomic mass is 16.6. The summed E-state index contributed by atoms with van der Waals surface area (Å²) in [7, 11) is 0. The molecule has 40 heavy (non-hydrogen) atoms. The monoisotopic (exact) mass is 521 g/mol. The third-order valence-electron chi connectivity index (χ3n) is 8.16. The van der Waals surface area contributed by atoms with E-state index < -0.39 is 4.92 Å². The van der Waals surface area contributed by atoms with E-state index in [9.17, 15) is 10.1 Å². The second kappa shape index (κ2) is 8.68. The van der Waals surface area contributed by atoms with Gasteiger partial charge in [-0.1, -0.05) is 60.7 Å². The summed E-state index contributed by atoms with van der Waals surface area (Å²) in [6.07, 6.45) is 3.09. The second-order valence-electron chi connectivity index (χ2n) is 10.4. The maximum absolute atomic E-state index is 11.2. The van der Waals surface area contributed by atoms with E-state index in [1.54, 1.807) is 12.1 Å². The van der Waals surface area contributed by atoms with Crippen molar-refractivity contribution in [2.75, 3.05) is 0 Å². The first kappa shape index (κ1) is 22.8. The number of rotatable bonds is 4. The Morgan fingerprint density at radius 1 is 0.675 bits per heavy atom. The molecule has 0 fully saturated rings. The van der Waals surface area contributed by atoms with Crippen LogP contribution < -0.4 is 9.47 Å². The number of nitro groups is 1. The highest BCUT2D eigenvalue weighted by molar-refractivity contribution is 6.16. The summed E-state index contributed by atoms with van der Waals surface area (Å²) in [5.41, 5.74) is 7.45. The van der Waals surface area contributed by atoms with Crippen molar-refractivity contribution in [2.45, 2.75) is 19.3 Å². The summed E-state index contributed by atoms with van der Waals surface area (Å²) < 4.78 is 13.0. The molecule has 0 N–H and O–H groups in total. The molecule has 1 aliphatic heterocycles. The van der Waals surface area contributed by atoms with Crippen LogP contribution in [0, 0.1) is 10.1 Å². The van der Waals surface area contributed by atoms with E-state index in [1.165, 1.54) is 34.4 Å². The molecule has 5 heteroatoms. The van der Waals surface area contributed by atoms with Gasteiger partial charge in [0, 0.05) is 34.2 Å². The van der Waals surface area contributed by atoms with Crippen LogP contribution >= 0.6 is 0 Å². The lowest BCUT2D eigenvalue weighted by molar-refractivity contribution is -0.384. The fourth-order valence-corrected chi connectivity index (χ4v) is 6.51. The Balaban J connectivity index is 1.44. The number of nitrogens with zero attached hydrogens (tertiary/aromatic N) is 1. The lowest BCUT2D eigenvalue weighted by Crippen LogP contribution is -2.03. The third-order valence-corrected chi connectivity index (χ3v) is 8.16. The minimum Gasteiger partial charge on any atom is -0.457 e. The maximum atomic E-state index is 11.2. The molecule has 1 heterocycles. The topological polar surface area (TPSA) is 61.6 Å². The van der Waals surface area contributed by atoms with E-state index in [0.717, 1.165) is 69.2 Å². The molecule has 0 radical (unpaired) electrons. The Morgan fingerprint density at radius 3 is 2.25 bits per heavy atom. The maximum Gasteiger partial charge on any atom is 0.269 e. The molecule has 0 bridgehead atoms. The number of nitro benzene ring substituents is 1. The number of non-ortho nitro benzene ring substituents is 1. The third kappa shape index (κ3) is 3.34. The first-order chi connectivity index (χ1) is 19.7. The smallest absolute Gasteiger partial charge is 0.269 e. The average molecular weight is 522 g/mol. The standard InChI is InChI=1S/C35H23NO4/c37-36(38)22-16-18-23(19-17-22)39-31-20-15-21-7-1-2-8-24(21)34(31)33-26-11-5-10-25(26)32-27-9-3-4-13-29(27)40-30-14-6-12-28(33)35(30)32/h1-4,6-9,12-20H,5,10-11H2. The molecule has 0 atom stereocenters. The molecule has 0 unspecified atom stereocenters. The molecule has 5 nitrogen and oxygen atoms in total. The van der Waals surface area contributed by atoms with Crippen molar-refractivity contribution < 1.29 is 14.4 Å². The van der Waals surface area contributed by atoms with Gasteiger partial charge in [-0.2, -0.15) is 0 Å². The molecule has 0 saturated heterocycles. The van der Waals surface area contributed by atoms with Gasteiger partial charge in [-0.25, -0.2) is 0 Å². The van der Waals surface area contributed by atoms with Gasteiger partial charge < -0.3 is 9.47 Å². The second-order valence-corrected chi connectivity index (χ2v) is 10.4. The van der Waals surface area contributed by atoms with Gasteiger partial charge in [0.15, 0.2) is 0 Å². The highest BCUT2D eigenvalue weighted by Crippen LogP contribution is 2.55. The van der Waals surface area contributed by atoms with Crippen molar-refractivity contribution in [1.29, 1.82) is 0 Å². The van der Waals surface area contributed by atoms with Gasteiger partial charge in [0.1, 0.15) is 23.0 Å². The highest BCUT2D eigenvalue weighted by Gasteiger charge is 2.31. The zero-order valence-corrected chi connectivity index (χ0v) is 21.5. The van der Waals surface area contributed by atoms with Crippen LogP contribution in [0.25, 0.3) is 43.8 Å². The summed E-state index contributed by atoms with van der Waals surface area (Å²) in [5, 5.41) is 15.7. The zero-order valence-electron chi connectivity index (χ0n) is 21.5. The van der Waals surface area contributed by atoms with Crippen molar-refractivity contribution in [3.63, 3.8) is 0 Å². The molecule has 0 aromatic heterocycles. The van der Waals surface area contributed by atoms with Gasteiger partial charge in [-0.3, -0.25) is 10.1 Å². The van der Waals surface area contributed by atoms with E-state index in [4.69, 9.17) is 9.47 Å². The van der Waals surface area contributed by atoms with Gasteiger partial charge in [0.2, 0.25) is 0 Å². The van der Waals surface area contributed by atoms with Crippen LogP contribution in [0.4, 0.5) is 5.69 Å². The minimum absolute atomic E-state index is 0.0350. The Kier molecular flexibility index (Phi) is 4.95. The van der Waals surface area contributed by atoms with Crippen molar-refractivity contribution >= 4 is 27.2 Å². The minimum atomic E-state index is -0.399. The van der Waals surface area contributed by atoms with Crippen LogP contribution in [0.1, 0.15) is 17.5 Å². The van der Waals surface area contributed by atoms with Gasteiger partial charge in [0.25, 0.3) is 5.69 Å². The van der Waals surface area contributed by atoms with Crippen LogP contribution in [0.5, 0.6) is 23.0 Å². The van der Waals surface area contributed by atoms with E-state index in [2.05, 4.69) is 60.7 Å². The number of para-hydroxylation sites is 1. The van der Waals surface area contributed by atoms with E-state index in [-0.39, 0.29) is 5.69 Å². The summed E-state index contributed by atoms with van der Waals surface area (Å²) in [6, 6.07) is 33.4. The number of ether oxygens (including phenoxy) is 2. The van der Waals surface area contributed by atoms with E-state index in [1.807, 2.05) is 18.2 Å². The summed E-state index contributed by atoms with van der Waals surface area (Å²) in [6.45, 7) is 0. The molecule has 6 aromatic carbocycles. The largest absolute Gasteiger partial charge is 0.457 e.